The summed E-state index contributed by atoms with van der Waals surface area (Å²) in [6.07, 6.45) is 0. The molecular formula is C19H46N2. The summed E-state index contributed by atoms with van der Waals surface area (Å²) < 4.78 is 0. The van der Waals surface area contributed by atoms with Crippen molar-refractivity contribution in [3.63, 3.8) is 0 Å². The molecule has 0 heterocycles. The van der Waals surface area contributed by atoms with Crippen molar-refractivity contribution >= 4 is 0 Å². The largest absolute Gasteiger partial charge is 0.305 e. The fraction of sp³-hybridized carbons (Fsp3) is 1.00. The van der Waals surface area contributed by atoms with Crippen molar-refractivity contribution in [2.75, 3.05) is 27.2 Å². The molecule has 2 nitrogen and oxygen atoms in total. The molecule has 0 fully saturated rings. The van der Waals surface area contributed by atoms with Crippen LogP contribution in [0.5, 0.6) is 0 Å². The first-order valence-corrected chi connectivity index (χ1v) is 8.39. The summed E-state index contributed by atoms with van der Waals surface area (Å²) in [6, 6.07) is 0. The van der Waals surface area contributed by atoms with Crippen molar-refractivity contribution in [2.24, 2.45) is 5.41 Å². The minimum absolute atomic E-state index is 0.333. The van der Waals surface area contributed by atoms with Crippen LogP contribution in [0.2, 0.25) is 0 Å². The maximum absolute atomic E-state index is 2.44. The second-order valence-electron chi connectivity index (χ2n) is 9.41. The first-order valence-electron chi connectivity index (χ1n) is 8.39. The molecule has 0 aliphatic rings. The molecule has 0 aromatic carbocycles. The van der Waals surface area contributed by atoms with Gasteiger partial charge in [-0.25, -0.2) is 0 Å². The van der Waals surface area contributed by atoms with Crippen LogP contribution in [0.15, 0.2) is 0 Å². The van der Waals surface area contributed by atoms with E-state index >= 15 is 0 Å². The van der Waals surface area contributed by atoms with E-state index in [0.717, 1.165) is 13.1 Å². The Labute approximate surface area is 137 Å². The number of nitrogens with zero attached hydrogens (tertiary/aromatic N) is 2. The molecule has 0 rings (SSSR count). The van der Waals surface area contributed by atoms with Gasteiger partial charge in [-0.2, -0.15) is 0 Å². The lowest BCUT2D eigenvalue weighted by Crippen LogP contribution is -2.40. The summed E-state index contributed by atoms with van der Waals surface area (Å²) in [5.74, 6) is 0. The Hall–Kier alpha value is -0.0800. The van der Waals surface area contributed by atoms with Gasteiger partial charge in [0.25, 0.3) is 0 Å². The number of hydrogen-bond donors (Lipinski definition) is 0. The predicted molar refractivity (Wildman–Crippen MR) is 101 cm³/mol. The molecule has 21 heavy (non-hydrogen) atoms. The third-order valence-corrected chi connectivity index (χ3v) is 3.05. The SMILES string of the molecule is CC(C)(C)C.CCN(CC)C(C)(C)C.CN(C)C(C)(C)C. The maximum Gasteiger partial charge on any atom is 0.0124 e. The fourth-order valence-electron chi connectivity index (χ4n) is 1.17. The maximum atomic E-state index is 2.44. The summed E-state index contributed by atoms with van der Waals surface area (Å²) in [7, 11) is 4.17. The Bertz CT molecular complexity index is 213. The van der Waals surface area contributed by atoms with Gasteiger partial charge in [0.2, 0.25) is 0 Å². The van der Waals surface area contributed by atoms with Gasteiger partial charge in [-0.15, -0.1) is 0 Å². The van der Waals surface area contributed by atoms with Crippen LogP contribution in [0.25, 0.3) is 0 Å². The van der Waals surface area contributed by atoms with Crippen molar-refractivity contribution in [1.82, 2.24) is 9.80 Å². The molecule has 0 aliphatic heterocycles. The van der Waals surface area contributed by atoms with Crippen molar-refractivity contribution in [3.05, 3.63) is 0 Å². The molecule has 0 N–H and O–H groups in total. The first kappa shape index (κ1) is 25.9. The van der Waals surface area contributed by atoms with E-state index in [1.807, 2.05) is 0 Å². The zero-order valence-electron chi connectivity index (χ0n) is 17.8. The third kappa shape index (κ3) is 25.2. The lowest BCUT2D eigenvalue weighted by molar-refractivity contribution is 0.153. The second kappa shape index (κ2) is 10.6. The van der Waals surface area contributed by atoms with E-state index < -0.39 is 0 Å². The highest BCUT2D eigenvalue weighted by Gasteiger charge is 2.16. The molecule has 0 atom stereocenters. The molecule has 0 radical (unpaired) electrons. The molecule has 0 saturated carbocycles. The van der Waals surface area contributed by atoms with E-state index in [1.54, 1.807) is 0 Å². The number of hydrogen-bond acceptors (Lipinski definition) is 2. The topological polar surface area (TPSA) is 6.48 Å². The number of rotatable bonds is 2. The van der Waals surface area contributed by atoms with E-state index in [2.05, 4.69) is 107 Å². The molecule has 0 aromatic heterocycles. The summed E-state index contributed by atoms with van der Waals surface area (Å²) in [6.45, 7) is 28.8. The van der Waals surface area contributed by atoms with Crippen LogP contribution in [0.3, 0.4) is 0 Å². The lowest BCUT2D eigenvalue weighted by Gasteiger charge is -2.33. The summed E-state index contributed by atoms with van der Waals surface area (Å²) in [5, 5.41) is 0. The highest BCUT2D eigenvalue weighted by atomic mass is 15.2. The van der Waals surface area contributed by atoms with Crippen LogP contribution >= 0.6 is 0 Å². The quantitative estimate of drug-likeness (QED) is 0.662. The first-order chi connectivity index (χ1) is 8.96. The van der Waals surface area contributed by atoms with Crippen LogP contribution in [0.1, 0.15) is 83.1 Å². The van der Waals surface area contributed by atoms with E-state index in [-0.39, 0.29) is 0 Å². The van der Waals surface area contributed by atoms with Crippen LogP contribution in [-0.4, -0.2) is 48.1 Å². The van der Waals surface area contributed by atoms with Gasteiger partial charge in [0.05, 0.1) is 0 Å². The predicted octanol–water partition coefficient (Wildman–Crippen LogP) is 5.53. The van der Waals surface area contributed by atoms with E-state index in [9.17, 15) is 0 Å². The van der Waals surface area contributed by atoms with Crippen molar-refractivity contribution in [3.8, 4) is 0 Å². The van der Waals surface area contributed by atoms with E-state index in [1.165, 1.54) is 0 Å². The van der Waals surface area contributed by atoms with Gasteiger partial charge in [-0.1, -0.05) is 41.5 Å². The summed E-state index contributed by atoms with van der Waals surface area (Å²) in [4.78, 5) is 4.62. The van der Waals surface area contributed by atoms with Gasteiger partial charge < -0.3 is 4.90 Å². The highest BCUT2D eigenvalue weighted by molar-refractivity contribution is 4.73. The minimum atomic E-state index is 0.333. The highest BCUT2D eigenvalue weighted by Crippen LogP contribution is 2.11. The van der Waals surface area contributed by atoms with Gasteiger partial charge in [-0.3, -0.25) is 4.90 Å². The Morgan fingerprint density at radius 3 is 0.762 bits per heavy atom. The van der Waals surface area contributed by atoms with Crippen molar-refractivity contribution in [1.29, 1.82) is 0 Å². The van der Waals surface area contributed by atoms with Crippen LogP contribution in [0.4, 0.5) is 0 Å². The molecule has 0 unspecified atom stereocenters. The molecule has 0 spiro atoms. The van der Waals surface area contributed by atoms with Gasteiger partial charge in [0.15, 0.2) is 0 Å². The Balaban J connectivity index is -0.000000242. The van der Waals surface area contributed by atoms with Crippen LogP contribution in [0, 0.1) is 5.41 Å². The molecule has 0 bridgehead atoms. The smallest absolute Gasteiger partial charge is 0.0124 e. The monoisotopic (exact) mass is 302 g/mol. The Morgan fingerprint density at radius 1 is 0.571 bits per heavy atom. The Kier molecular flexibility index (Phi) is 13.1. The molecule has 0 aliphatic carbocycles. The minimum Gasteiger partial charge on any atom is -0.305 e. The summed E-state index contributed by atoms with van der Waals surface area (Å²) >= 11 is 0. The van der Waals surface area contributed by atoms with E-state index in [4.69, 9.17) is 0 Å². The van der Waals surface area contributed by atoms with Crippen molar-refractivity contribution < 1.29 is 0 Å². The Morgan fingerprint density at radius 2 is 0.762 bits per heavy atom. The van der Waals surface area contributed by atoms with Gasteiger partial charge in [0.1, 0.15) is 0 Å². The average molecular weight is 303 g/mol. The lowest BCUT2D eigenvalue weighted by atomic mass is 10.0. The normalized spacial score (nSPS) is 12.6. The molecule has 2 heteroatoms. The zero-order valence-corrected chi connectivity index (χ0v) is 17.8. The van der Waals surface area contributed by atoms with Gasteiger partial charge in [0, 0.05) is 11.1 Å². The average Bonchev–Trinajstić information content (AvgIpc) is 2.13. The molecule has 0 aromatic rings. The van der Waals surface area contributed by atoms with Crippen LogP contribution in [-0.2, 0) is 0 Å². The molecule has 0 saturated heterocycles. The van der Waals surface area contributed by atoms with Crippen molar-refractivity contribution in [2.45, 2.75) is 94.2 Å². The summed E-state index contributed by atoms with van der Waals surface area (Å²) in [5.41, 5.74) is 1.18. The van der Waals surface area contributed by atoms with Gasteiger partial charge in [-0.05, 0) is 74.1 Å². The van der Waals surface area contributed by atoms with E-state index in [0.29, 0.717) is 16.5 Å². The third-order valence-electron chi connectivity index (χ3n) is 3.05. The molecular weight excluding hydrogens is 256 g/mol. The standard InChI is InChI=1S/C8H19N.C6H15N.C5H12/c1-6-9(7-2)8(3,4)5;1-6(2,3)7(4)5;1-5(2,3)4/h6-7H2,1-5H3;1-5H3;1-4H3. The fourth-order valence-corrected chi connectivity index (χ4v) is 1.17. The molecule has 132 valence electrons. The molecule has 0 amide bonds. The second-order valence-corrected chi connectivity index (χ2v) is 9.41. The van der Waals surface area contributed by atoms with Gasteiger partial charge >= 0.3 is 0 Å². The zero-order chi connectivity index (χ0) is 18.1. The van der Waals surface area contributed by atoms with Crippen LogP contribution < -0.4 is 0 Å².